The molecule has 3 rings (SSSR count). The van der Waals surface area contributed by atoms with Crippen LogP contribution < -0.4 is 5.32 Å². The first kappa shape index (κ1) is 23.7. The van der Waals surface area contributed by atoms with Crippen LogP contribution in [0.1, 0.15) is 60.1 Å². The SMILES string of the molecule is CCOC(=O)Cc1csc(S[C@@H](C)C(=O)Nc2sc3c(c2C(=O)OCC)CCCC3)n1. The van der Waals surface area contributed by atoms with Crippen LogP contribution in [0, 0.1) is 0 Å². The fourth-order valence-corrected chi connectivity index (χ4v) is 6.54. The maximum absolute atomic E-state index is 12.9. The van der Waals surface area contributed by atoms with Crippen molar-refractivity contribution in [3.63, 3.8) is 0 Å². The quantitative estimate of drug-likeness (QED) is 0.416. The van der Waals surface area contributed by atoms with E-state index in [1.54, 1.807) is 26.2 Å². The lowest BCUT2D eigenvalue weighted by molar-refractivity contribution is -0.142. The van der Waals surface area contributed by atoms with Gasteiger partial charge in [0.2, 0.25) is 5.91 Å². The topological polar surface area (TPSA) is 94.6 Å². The third-order valence-electron chi connectivity index (χ3n) is 4.70. The van der Waals surface area contributed by atoms with Crippen LogP contribution in [-0.4, -0.2) is 41.3 Å². The molecule has 1 aliphatic rings. The average molecular weight is 483 g/mol. The Balaban J connectivity index is 1.67. The molecule has 2 aromatic heterocycles. The minimum absolute atomic E-state index is 0.120. The van der Waals surface area contributed by atoms with Gasteiger partial charge in [0.05, 0.1) is 36.1 Å². The minimum Gasteiger partial charge on any atom is -0.466 e. The molecule has 1 N–H and O–H groups in total. The predicted octanol–water partition coefficient (Wildman–Crippen LogP) is 4.49. The molecule has 0 radical (unpaired) electrons. The van der Waals surface area contributed by atoms with Crippen molar-refractivity contribution in [1.82, 2.24) is 4.98 Å². The second-order valence-electron chi connectivity index (χ2n) is 6.97. The number of anilines is 1. The molecule has 168 valence electrons. The van der Waals surface area contributed by atoms with Crippen molar-refractivity contribution in [3.8, 4) is 0 Å². The number of rotatable bonds is 9. The first-order valence-electron chi connectivity index (χ1n) is 10.3. The standard InChI is InChI=1S/C21H26N2O5S3/c1-4-27-16(24)10-13-11-29-21(22-13)30-12(3)18(25)23-19-17(20(26)28-5-2)14-8-6-7-9-15(14)31-19/h11-12H,4-10H2,1-3H3,(H,23,25)/t12-/m0/s1. The van der Waals surface area contributed by atoms with Gasteiger partial charge in [-0.25, -0.2) is 9.78 Å². The highest BCUT2D eigenvalue weighted by Crippen LogP contribution is 2.39. The van der Waals surface area contributed by atoms with Gasteiger partial charge in [0.15, 0.2) is 4.34 Å². The molecule has 0 unspecified atom stereocenters. The molecule has 31 heavy (non-hydrogen) atoms. The maximum Gasteiger partial charge on any atom is 0.341 e. The number of amides is 1. The second kappa shape index (κ2) is 11.1. The Morgan fingerprint density at radius 2 is 1.94 bits per heavy atom. The molecule has 2 aromatic rings. The fraction of sp³-hybridized carbons (Fsp3) is 0.524. The van der Waals surface area contributed by atoms with E-state index in [0.29, 0.717) is 33.8 Å². The van der Waals surface area contributed by atoms with Gasteiger partial charge >= 0.3 is 11.9 Å². The number of thiophene rings is 1. The van der Waals surface area contributed by atoms with Crippen molar-refractivity contribution in [2.24, 2.45) is 0 Å². The van der Waals surface area contributed by atoms with Crippen LogP contribution in [0.25, 0.3) is 0 Å². The highest BCUT2D eigenvalue weighted by molar-refractivity contribution is 8.02. The van der Waals surface area contributed by atoms with Gasteiger partial charge in [-0.15, -0.1) is 22.7 Å². The summed E-state index contributed by atoms with van der Waals surface area (Å²) in [6.45, 7) is 5.96. The zero-order chi connectivity index (χ0) is 22.4. The second-order valence-corrected chi connectivity index (χ2v) is 10.5. The molecule has 1 amide bonds. The molecular formula is C21H26N2O5S3. The Hall–Kier alpha value is -1.91. The predicted molar refractivity (Wildman–Crippen MR) is 123 cm³/mol. The molecular weight excluding hydrogens is 456 g/mol. The van der Waals surface area contributed by atoms with Crippen molar-refractivity contribution in [1.29, 1.82) is 0 Å². The van der Waals surface area contributed by atoms with Gasteiger partial charge in [-0.2, -0.15) is 0 Å². The Bertz CT molecular complexity index is 953. The normalized spacial score (nSPS) is 13.9. The van der Waals surface area contributed by atoms with E-state index < -0.39 is 5.25 Å². The number of esters is 2. The summed E-state index contributed by atoms with van der Waals surface area (Å²) in [4.78, 5) is 42.6. The molecule has 0 aromatic carbocycles. The summed E-state index contributed by atoms with van der Waals surface area (Å²) in [6.07, 6.45) is 4.01. The molecule has 0 spiro atoms. The number of ether oxygens (including phenoxy) is 2. The number of hydrogen-bond donors (Lipinski definition) is 1. The van der Waals surface area contributed by atoms with E-state index in [2.05, 4.69) is 10.3 Å². The van der Waals surface area contributed by atoms with Crippen LogP contribution in [-0.2, 0) is 38.3 Å². The third kappa shape index (κ3) is 6.08. The van der Waals surface area contributed by atoms with Crippen molar-refractivity contribution in [2.75, 3.05) is 18.5 Å². The molecule has 7 nitrogen and oxygen atoms in total. The van der Waals surface area contributed by atoms with E-state index in [0.717, 1.165) is 36.1 Å². The molecule has 2 heterocycles. The van der Waals surface area contributed by atoms with E-state index in [9.17, 15) is 14.4 Å². The number of thioether (sulfide) groups is 1. The van der Waals surface area contributed by atoms with Gasteiger partial charge in [-0.05, 0) is 52.0 Å². The Morgan fingerprint density at radius 1 is 1.19 bits per heavy atom. The van der Waals surface area contributed by atoms with Gasteiger partial charge in [0.1, 0.15) is 5.00 Å². The molecule has 0 aliphatic heterocycles. The molecule has 1 atom stereocenters. The molecule has 0 bridgehead atoms. The summed E-state index contributed by atoms with van der Waals surface area (Å²) in [5.41, 5.74) is 2.17. The fourth-order valence-electron chi connectivity index (χ4n) is 3.28. The van der Waals surface area contributed by atoms with Crippen LogP contribution in [0.2, 0.25) is 0 Å². The van der Waals surface area contributed by atoms with Crippen molar-refractivity contribution < 1.29 is 23.9 Å². The zero-order valence-corrected chi connectivity index (χ0v) is 20.3. The van der Waals surface area contributed by atoms with Gasteiger partial charge in [0.25, 0.3) is 0 Å². The number of fused-ring (bicyclic) bond motifs is 1. The van der Waals surface area contributed by atoms with Crippen LogP contribution in [0.15, 0.2) is 9.72 Å². The highest BCUT2D eigenvalue weighted by atomic mass is 32.2. The number of carbonyl (C=O) groups excluding carboxylic acids is 3. The van der Waals surface area contributed by atoms with Crippen molar-refractivity contribution >= 4 is 57.3 Å². The number of aromatic nitrogens is 1. The number of nitrogens with zero attached hydrogens (tertiary/aromatic N) is 1. The van der Waals surface area contributed by atoms with Crippen LogP contribution in [0.3, 0.4) is 0 Å². The average Bonchev–Trinajstić information content (AvgIpc) is 3.31. The van der Waals surface area contributed by atoms with Crippen molar-refractivity contribution in [2.45, 2.75) is 62.5 Å². The highest BCUT2D eigenvalue weighted by Gasteiger charge is 2.28. The van der Waals surface area contributed by atoms with Crippen molar-refractivity contribution in [3.05, 3.63) is 27.1 Å². The molecule has 0 fully saturated rings. The van der Waals surface area contributed by atoms with Gasteiger partial charge in [0, 0.05) is 10.3 Å². The molecule has 1 aliphatic carbocycles. The number of carbonyl (C=O) groups is 3. The van der Waals surface area contributed by atoms with E-state index in [1.807, 2.05) is 0 Å². The first-order valence-corrected chi connectivity index (χ1v) is 12.9. The monoisotopic (exact) mass is 482 g/mol. The Labute approximate surface area is 193 Å². The summed E-state index contributed by atoms with van der Waals surface area (Å²) in [5, 5.41) is 4.90. The summed E-state index contributed by atoms with van der Waals surface area (Å²) >= 11 is 4.19. The minimum atomic E-state index is -0.421. The number of thiazole rings is 1. The van der Waals surface area contributed by atoms with Gasteiger partial charge < -0.3 is 14.8 Å². The maximum atomic E-state index is 12.9. The van der Waals surface area contributed by atoms with E-state index in [-0.39, 0.29) is 24.3 Å². The van der Waals surface area contributed by atoms with Crippen LogP contribution in [0.4, 0.5) is 5.00 Å². The summed E-state index contributed by atoms with van der Waals surface area (Å²) < 4.78 is 10.9. The zero-order valence-electron chi connectivity index (χ0n) is 17.8. The molecule has 0 saturated heterocycles. The molecule has 0 saturated carbocycles. The number of aryl methyl sites for hydroxylation is 1. The van der Waals surface area contributed by atoms with E-state index >= 15 is 0 Å². The Morgan fingerprint density at radius 3 is 2.68 bits per heavy atom. The lowest BCUT2D eigenvalue weighted by Crippen LogP contribution is -2.23. The van der Waals surface area contributed by atoms with Crippen LogP contribution >= 0.6 is 34.4 Å². The summed E-state index contributed by atoms with van der Waals surface area (Å²) in [6, 6.07) is 0. The summed E-state index contributed by atoms with van der Waals surface area (Å²) in [5.74, 6) is -0.888. The number of nitrogens with one attached hydrogen (secondary N) is 1. The lowest BCUT2D eigenvalue weighted by Gasteiger charge is -2.13. The Kier molecular flexibility index (Phi) is 8.50. The number of hydrogen-bond acceptors (Lipinski definition) is 9. The lowest BCUT2D eigenvalue weighted by atomic mass is 9.95. The van der Waals surface area contributed by atoms with E-state index in [4.69, 9.17) is 9.47 Å². The molecule has 10 heteroatoms. The van der Waals surface area contributed by atoms with Crippen LogP contribution in [0.5, 0.6) is 0 Å². The van der Waals surface area contributed by atoms with Gasteiger partial charge in [-0.1, -0.05) is 11.8 Å². The summed E-state index contributed by atoms with van der Waals surface area (Å²) in [7, 11) is 0. The smallest absolute Gasteiger partial charge is 0.341 e. The third-order valence-corrected chi connectivity index (χ3v) is 8.02. The first-order chi connectivity index (χ1) is 14.9. The largest absolute Gasteiger partial charge is 0.466 e. The van der Waals surface area contributed by atoms with E-state index in [1.165, 1.54) is 34.4 Å². The van der Waals surface area contributed by atoms with Gasteiger partial charge in [-0.3, -0.25) is 9.59 Å².